The zero-order valence-electron chi connectivity index (χ0n) is 13.8. The summed E-state index contributed by atoms with van der Waals surface area (Å²) in [6, 6.07) is -0.711. The molecule has 0 bridgehead atoms. The van der Waals surface area contributed by atoms with E-state index in [0.29, 0.717) is 19.6 Å². The lowest BCUT2D eigenvalue weighted by molar-refractivity contribution is -0.172. The van der Waals surface area contributed by atoms with Gasteiger partial charge in [0.15, 0.2) is 0 Å². The minimum Gasteiger partial charge on any atom is -0.460 e. The predicted molar refractivity (Wildman–Crippen MR) is 82.5 cm³/mol. The van der Waals surface area contributed by atoms with Crippen molar-refractivity contribution < 1.29 is 19.1 Å². The van der Waals surface area contributed by atoms with Crippen molar-refractivity contribution in [1.82, 2.24) is 15.1 Å². The third kappa shape index (κ3) is 2.82. The van der Waals surface area contributed by atoms with Gasteiger partial charge in [-0.2, -0.15) is 0 Å². The summed E-state index contributed by atoms with van der Waals surface area (Å²) in [7, 11) is 0. The number of nitrogens with zero attached hydrogens (tertiary/aromatic N) is 2. The average molecular weight is 323 g/mol. The third-order valence-electron chi connectivity index (χ3n) is 5.16. The Bertz CT molecular complexity index is 509. The van der Waals surface area contributed by atoms with Gasteiger partial charge in [0, 0.05) is 26.6 Å². The van der Waals surface area contributed by atoms with E-state index in [1.807, 2.05) is 0 Å². The van der Waals surface area contributed by atoms with E-state index in [4.69, 9.17) is 4.74 Å². The number of hydrogen-bond acceptors (Lipinski definition) is 5. The van der Waals surface area contributed by atoms with Crippen LogP contribution in [0.5, 0.6) is 0 Å². The molecule has 0 saturated carbocycles. The molecule has 3 atom stereocenters. The van der Waals surface area contributed by atoms with Crippen LogP contribution in [0.2, 0.25) is 0 Å². The third-order valence-corrected chi connectivity index (χ3v) is 5.16. The van der Waals surface area contributed by atoms with Crippen LogP contribution >= 0.6 is 0 Å². The normalized spacial score (nSPS) is 29.6. The van der Waals surface area contributed by atoms with Gasteiger partial charge in [-0.15, -0.1) is 0 Å². The topological polar surface area (TPSA) is 79.0 Å². The summed E-state index contributed by atoms with van der Waals surface area (Å²) in [6.07, 6.45) is 3.13. The largest absolute Gasteiger partial charge is 0.460 e. The Labute approximate surface area is 136 Å². The second-order valence-electron chi connectivity index (χ2n) is 6.84. The van der Waals surface area contributed by atoms with Crippen LogP contribution in [0.4, 0.5) is 0 Å². The van der Waals surface area contributed by atoms with Crippen molar-refractivity contribution in [2.45, 2.75) is 57.2 Å². The molecule has 7 nitrogen and oxygen atoms in total. The van der Waals surface area contributed by atoms with Crippen molar-refractivity contribution in [2.24, 2.45) is 0 Å². The molecule has 0 aromatic rings. The molecular weight excluding hydrogens is 298 g/mol. The molecule has 0 radical (unpaired) electrons. The summed E-state index contributed by atoms with van der Waals surface area (Å²) in [5, 5.41) is 3.27. The van der Waals surface area contributed by atoms with Crippen molar-refractivity contribution in [3.8, 4) is 0 Å². The molecule has 3 rings (SSSR count). The number of rotatable bonds is 4. The monoisotopic (exact) mass is 323 g/mol. The first-order chi connectivity index (χ1) is 10.9. The second kappa shape index (κ2) is 6.11. The summed E-state index contributed by atoms with van der Waals surface area (Å²) in [6.45, 7) is 5.80. The standard InChI is InChI=1S/C16H25N3O4/c1-11(23-12(2)20)13(14(21)18-8-3-4-9-18)19-10-16(15(19)22)6-5-7-17-16/h11,13,17H,3-10H2,1-2H3/t11-,13+,16+/m1/s1. The van der Waals surface area contributed by atoms with Crippen molar-refractivity contribution in [3.05, 3.63) is 0 Å². The van der Waals surface area contributed by atoms with E-state index in [1.54, 1.807) is 16.7 Å². The number of carbonyl (C=O) groups is 3. The zero-order chi connectivity index (χ0) is 16.6. The Morgan fingerprint density at radius 2 is 1.96 bits per heavy atom. The minimum absolute atomic E-state index is 0.0356. The van der Waals surface area contributed by atoms with Crippen molar-refractivity contribution in [3.63, 3.8) is 0 Å². The van der Waals surface area contributed by atoms with Gasteiger partial charge < -0.3 is 19.9 Å². The average Bonchev–Trinajstić information content (AvgIpc) is 3.18. The first-order valence-corrected chi connectivity index (χ1v) is 8.47. The number of esters is 1. The van der Waals surface area contributed by atoms with E-state index in [-0.39, 0.29) is 11.8 Å². The first kappa shape index (κ1) is 16.2. The van der Waals surface area contributed by atoms with E-state index >= 15 is 0 Å². The van der Waals surface area contributed by atoms with Gasteiger partial charge in [0.25, 0.3) is 0 Å². The number of β-lactam (4-membered cyclic amide) rings is 1. The lowest BCUT2D eigenvalue weighted by Crippen LogP contribution is -2.76. The molecule has 3 aliphatic heterocycles. The molecule has 2 amide bonds. The number of hydrogen-bond donors (Lipinski definition) is 1. The van der Waals surface area contributed by atoms with Gasteiger partial charge in [-0.3, -0.25) is 14.4 Å². The van der Waals surface area contributed by atoms with Crippen LogP contribution in [0, 0.1) is 0 Å². The highest BCUT2D eigenvalue weighted by molar-refractivity contribution is 5.98. The van der Waals surface area contributed by atoms with E-state index in [0.717, 1.165) is 32.2 Å². The summed E-state index contributed by atoms with van der Waals surface area (Å²) >= 11 is 0. The quantitative estimate of drug-likeness (QED) is 0.577. The van der Waals surface area contributed by atoms with Crippen LogP contribution in [0.1, 0.15) is 39.5 Å². The maximum atomic E-state index is 12.9. The minimum atomic E-state index is -0.711. The molecule has 1 spiro atoms. The molecule has 0 aromatic carbocycles. The fourth-order valence-corrected chi connectivity index (χ4v) is 4.00. The smallest absolute Gasteiger partial charge is 0.302 e. The summed E-state index contributed by atoms with van der Waals surface area (Å²) in [5.41, 5.74) is -0.487. The molecule has 3 aliphatic rings. The Morgan fingerprint density at radius 1 is 1.26 bits per heavy atom. The van der Waals surface area contributed by atoms with Gasteiger partial charge >= 0.3 is 5.97 Å². The number of likely N-dealkylation sites (tertiary alicyclic amines) is 2. The molecule has 128 valence electrons. The molecule has 3 heterocycles. The van der Waals surface area contributed by atoms with Crippen LogP contribution < -0.4 is 5.32 Å². The van der Waals surface area contributed by atoms with Gasteiger partial charge in [0.05, 0.1) is 0 Å². The van der Waals surface area contributed by atoms with E-state index in [2.05, 4.69) is 5.32 Å². The lowest BCUT2D eigenvalue weighted by atomic mass is 9.84. The Kier molecular flexibility index (Phi) is 4.31. The highest BCUT2D eigenvalue weighted by Gasteiger charge is 2.58. The molecule has 23 heavy (non-hydrogen) atoms. The highest BCUT2D eigenvalue weighted by Crippen LogP contribution is 2.34. The predicted octanol–water partition coefficient (Wildman–Crippen LogP) is -0.107. The van der Waals surface area contributed by atoms with E-state index < -0.39 is 23.7 Å². The van der Waals surface area contributed by atoms with Gasteiger partial charge in [-0.1, -0.05) is 0 Å². The molecule has 0 aromatic heterocycles. The summed E-state index contributed by atoms with van der Waals surface area (Å²) < 4.78 is 5.25. The fourth-order valence-electron chi connectivity index (χ4n) is 4.00. The lowest BCUT2D eigenvalue weighted by Gasteiger charge is -2.51. The van der Waals surface area contributed by atoms with Crippen LogP contribution in [-0.4, -0.2) is 71.4 Å². The Hall–Kier alpha value is -1.63. The van der Waals surface area contributed by atoms with Crippen LogP contribution in [0.3, 0.4) is 0 Å². The molecule has 3 fully saturated rings. The summed E-state index contributed by atoms with van der Waals surface area (Å²) in [4.78, 5) is 40.2. The SMILES string of the molecule is CC(=O)O[C@H](C)[C@@H](C(=O)N1CCCC1)N1C[C@@]2(CCCN2)C1=O. The van der Waals surface area contributed by atoms with Crippen LogP contribution in [-0.2, 0) is 19.1 Å². The number of nitrogens with one attached hydrogen (secondary N) is 1. The van der Waals surface area contributed by atoms with Gasteiger partial charge in [-0.05, 0) is 39.2 Å². The first-order valence-electron chi connectivity index (χ1n) is 8.47. The molecule has 1 N–H and O–H groups in total. The maximum absolute atomic E-state index is 12.9. The van der Waals surface area contributed by atoms with E-state index in [1.165, 1.54) is 6.92 Å². The van der Waals surface area contributed by atoms with Crippen molar-refractivity contribution in [1.29, 1.82) is 0 Å². The van der Waals surface area contributed by atoms with Crippen molar-refractivity contribution in [2.75, 3.05) is 26.2 Å². The molecule has 0 unspecified atom stereocenters. The van der Waals surface area contributed by atoms with Gasteiger partial charge in [0.2, 0.25) is 11.8 Å². The summed E-state index contributed by atoms with van der Waals surface area (Å²) in [5.74, 6) is -0.567. The van der Waals surface area contributed by atoms with Crippen LogP contribution in [0.25, 0.3) is 0 Å². The van der Waals surface area contributed by atoms with Gasteiger partial charge in [-0.25, -0.2) is 0 Å². The van der Waals surface area contributed by atoms with Crippen LogP contribution in [0.15, 0.2) is 0 Å². The Balaban J connectivity index is 1.76. The molecular formula is C16H25N3O4. The molecule has 0 aliphatic carbocycles. The second-order valence-corrected chi connectivity index (χ2v) is 6.84. The van der Waals surface area contributed by atoms with E-state index in [9.17, 15) is 14.4 Å². The fraction of sp³-hybridized carbons (Fsp3) is 0.812. The van der Waals surface area contributed by atoms with Gasteiger partial charge in [0.1, 0.15) is 17.7 Å². The van der Waals surface area contributed by atoms with Crippen molar-refractivity contribution >= 4 is 17.8 Å². The maximum Gasteiger partial charge on any atom is 0.302 e. The Morgan fingerprint density at radius 3 is 2.48 bits per heavy atom. The zero-order valence-corrected chi connectivity index (χ0v) is 13.8. The molecule has 3 saturated heterocycles. The number of amides is 2. The highest BCUT2D eigenvalue weighted by atomic mass is 16.5. The number of ether oxygens (including phenoxy) is 1. The molecule has 7 heteroatoms. The number of carbonyl (C=O) groups excluding carboxylic acids is 3.